The van der Waals surface area contributed by atoms with Gasteiger partial charge in [0.2, 0.25) is 0 Å². The van der Waals surface area contributed by atoms with E-state index in [1.165, 1.54) is 0 Å². The molecule has 0 radical (unpaired) electrons. The summed E-state index contributed by atoms with van der Waals surface area (Å²) in [5.74, 6) is 0. The van der Waals surface area contributed by atoms with Gasteiger partial charge >= 0.3 is 6.09 Å². The van der Waals surface area contributed by atoms with E-state index in [0.29, 0.717) is 6.04 Å². The van der Waals surface area contributed by atoms with Crippen molar-refractivity contribution in [3.63, 3.8) is 0 Å². The molecule has 2 aliphatic rings. The third kappa shape index (κ3) is 2.09. The predicted octanol–water partition coefficient (Wildman–Crippen LogP) is 1.34. The molecule has 0 aromatic carbocycles. The van der Waals surface area contributed by atoms with Crippen LogP contribution in [0.15, 0.2) is 0 Å². The molecular formula is C11H20N2O2. The van der Waals surface area contributed by atoms with Crippen LogP contribution in [-0.2, 0) is 4.74 Å². The van der Waals surface area contributed by atoms with Crippen molar-refractivity contribution >= 4 is 6.09 Å². The van der Waals surface area contributed by atoms with E-state index in [2.05, 4.69) is 0 Å². The first-order chi connectivity index (χ1) is 6.82. The molecule has 1 heterocycles. The molecule has 0 aromatic rings. The fourth-order valence-electron chi connectivity index (χ4n) is 2.23. The van der Waals surface area contributed by atoms with Gasteiger partial charge in [-0.15, -0.1) is 0 Å². The second kappa shape index (κ2) is 3.11. The van der Waals surface area contributed by atoms with Gasteiger partial charge in [-0.25, -0.2) is 4.79 Å². The Bertz CT molecular complexity index is 285. The van der Waals surface area contributed by atoms with Crippen molar-refractivity contribution in [3.8, 4) is 0 Å². The first-order valence-electron chi connectivity index (χ1n) is 5.56. The minimum atomic E-state index is -0.404. The number of rotatable bonds is 0. The third-order valence-corrected chi connectivity index (χ3v) is 3.29. The van der Waals surface area contributed by atoms with Crippen LogP contribution < -0.4 is 5.73 Å². The smallest absolute Gasteiger partial charge is 0.410 e. The summed E-state index contributed by atoms with van der Waals surface area (Å²) in [6, 6.07) is 0.296. The van der Waals surface area contributed by atoms with Crippen molar-refractivity contribution in [3.05, 3.63) is 0 Å². The minimum absolute atomic E-state index is 0.196. The van der Waals surface area contributed by atoms with E-state index in [0.717, 1.165) is 25.9 Å². The lowest BCUT2D eigenvalue weighted by Gasteiger charge is -2.24. The number of nitrogens with zero attached hydrogens (tertiary/aromatic N) is 1. The molecule has 2 N–H and O–H groups in total. The highest BCUT2D eigenvalue weighted by Gasteiger charge is 2.56. The highest BCUT2D eigenvalue weighted by molar-refractivity contribution is 5.68. The Labute approximate surface area is 90.8 Å². The summed E-state index contributed by atoms with van der Waals surface area (Å²) >= 11 is 0. The summed E-state index contributed by atoms with van der Waals surface area (Å²) in [4.78, 5) is 13.5. The molecule has 2 fully saturated rings. The summed E-state index contributed by atoms with van der Waals surface area (Å²) in [5, 5.41) is 0. The highest BCUT2D eigenvalue weighted by Crippen LogP contribution is 2.51. The molecule has 1 saturated carbocycles. The van der Waals surface area contributed by atoms with Crippen LogP contribution in [0.4, 0.5) is 4.79 Å². The standard InChI is InChI=1S/C11H20N2O2/c1-10(2,3)15-9(14)13-5-4-11(7-13)6-8(11)12/h8H,4-7,12H2,1-3H3/t8-,11+/m0/s1. The molecule has 86 valence electrons. The normalized spacial score (nSPS) is 34.7. The van der Waals surface area contributed by atoms with Crippen molar-refractivity contribution in [1.29, 1.82) is 0 Å². The second-order valence-corrected chi connectivity index (χ2v) is 5.82. The van der Waals surface area contributed by atoms with Gasteiger partial charge in [0.15, 0.2) is 0 Å². The monoisotopic (exact) mass is 212 g/mol. The topological polar surface area (TPSA) is 55.6 Å². The average Bonchev–Trinajstić information content (AvgIpc) is 2.55. The lowest BCUT2D eigenvalue weighted by Crippen LogP contribution is -2.35. The summed E-state index contributed by atoms with van der Waals surface area (Å²) in [6.07, 6.45) is 1.90. The molecule has 4 heteroatoms. The fourth-order valence-corrected chi connectivity index (χ4v) is 2.23. The van der Waals surface area contributed by atoms with Gasteiger partial charge in [0.1, 0.15) is 5.60 Å². The van der Waals surface area contributed by atoms with E-state index in [9.17, 15) is 4.79 Å². The Morgan fingerprint density at radius 3 is 2.53 bits per heavy atom. The lowest BCUT2D eigenvalue weighted by molar-refractivity contribution is 0.0285. The van der Waals surface area contributed by atoms with E-state index < -0.39 is 5.60 Å². The quantitative estimate of drug-likeness (QED) is 0.659. The van der Waals surface area contributed by atoms with E-state index in [4.69, 9.17) is 10.5 Å². The number of amides is 1. The van der Waals surface area contributed by atoms with E-state index in [-0.39, 0.29) is 11.5 Å². The maximum atomic E-state index is 11.7. The van der Waals surface area contributed by atoms with Crippen LogP contribution in [0.5, 0.6) is 0 Å². The number of hydrogen-bond acceptors (Lipinski definition) is 3. The molecule has 15 heavy (non-hydrogen) atoms. The maximum Gasteiger partial charge on any atom is 0.410 e. The van der Waals surface area contributed by atoms with Gasteiger partial charge in [0.05, 0.1) is 0 Å². The summed E-state index contributed by atoms with van der Waals surface area (Å²) in [7, 11) is 0. The molecule has 0 bridgehead atoms. The average molecular weight is 212 g/mol. The maximum absolute atomic E-state index is 11.7. The summed E-state index contributed by atoms with van der Waals surface area (Å²) in [5.41, 5.74) is 5.70. The summed E-state index contributed by atoms with van der Waals surface area (Å²) in [6.45, 7) is 7.24. The first-order valence-corrected chi connectivity index (χ1v) is 5.56. The molecule has 2 atom stereocenters. The molecule has 4 nitrogen and oxygen atoms in total. The Kier molecular flexibility index (Phi) is 2.23. The van der Waals surface area contributed by atoms with Crippen molar-refractivity contribution in [2.45, 2.75) is 45.3 Å². The first kappa shape index (κ1) is 10.7. The van der Waals surface area contributed by atoms with Crippen molar-refractivity contribution in [2.75, 3.05) is 13.1 Å². The van der Waals surface area contributed by atoms with Crippen LogP contribution in [0.25, 0.3) is 0 Å². The molecule has 1 amide bonds. The predicted molar refractivity (Wildman–Crippen MR) is 57.4 cm³/mol. The van der Waals surface area contributed by atoms with Crippen molar-refractivity contribution < 1.29 is 9.53 Å². The zero-order valence-electron chi connectivity index (χ0n) is 9.75. The molecule has 0 unspecified atom stereocenters. The van der Waals surface area contributed by atoms with Crippen molar-refractivity contribution in [2.24, 2.45) is 11.1 Å². The second-order valence-electron chi connectivity index (χ2n) is 5.82. The van der Waals surface area contributed by atoms with Gasteiger partial charge in [-0.05, 0) is 33.6 Å². The number of carbonyl (C=O) groups excluding carboxylic acids is 1. The Morgan fingerprint density at radius 1 is 1.53 bits per heavy atom. The molecule has 2 rings (SSSR count). The SMILES string of the molecule is CC(C)(C)OC(=O)N1CC[C@@]2(C[C@@H]2N)C1. The number of hydrogen-bond donors (Lipinski definition) is 1. The van der Waals surface area contributed by atoms with Crippen LogP contribution in [0.2, 0.25) is 0 Å². The van der Waals surface area contributed by atoms with Gasteiger partial charge in [0, 0.05) is 24.5 Å². The fraction of sp³-hybridized carbons (Fsp3) is 0.909. The van der Waals surface area contributed by atoms with Gasteiger partial charge < -0.3 is 15.4 Å². The van der Waals surface area contributed by atoms with E-state index in [1.54, 1.807) is 4.90 Å². The molecule has 1 spiro atoms. The molecule has 1 aliphatic heterocycles. The third-order valence-electron chi connectivity index (χ3n) is 3.29. The van der Waals surface area contributed by atoms with Crippen LogP contribution in [0.1, 0.15) is 33.6 Å². The molecule has 1 aliphatic carbocycles. The zero-order valence-corrected chi connectivity index (χ0v) is 9.75. The number of ether oxygens (including phenoxy) is 1. The minimum Gasteiger partial charge on any atom is -0.444 e. The van der Waals surface area contributed by atoms with Crippen LogP contribution in [0.3, 0.4) is 0 Å². The van der Waals surface area contributed by atoms with Gasteiger partial charge in [0.25, 0.3) is 0 Å². The van der Waals surface area contributed by atoms with Crippen LogP contribution >= 0.6 is 0 Å². The number of nitrogens with two attached hydrogens (primary N) is 1. The number of carbonyl (C=O) groups is 1. The van der Waals surface area contributed by atoms with Crippen LogP contribution in [0, 0.1) is 5.41 Å². The van der Waals surface area contributed by atoms with Crippen LogP contribution in [-0.4, -0.2) is 35.7 Å². The highest BCUT2D eigenvalue weighted by atomic mass is 16.6. The van der Waals surface area contributed by atoms with Gasteiger partial charge in [-0.2, -0.15) is 0 Å². The Balaban J connectivity index is 1.89. The zero-order chi connectivity index (χ0) is 11.3. The van der Waals surface area contributed by atoms with E-state index in [1.807, 2.05) is 20.8 Å². The summed E-state index contributed by atoms with van der Waals surface area (Å²) < 4.78 is 5.32. The Hall–Kier alpha value is -0.770. The number of likely N-dealkylation sites (tertiary alicyclic amines) is 1. The Morgan fingerprint density at radius 2 is 2.13 bits per heavy atom. The molecule has 1 saturated heterocycles. The van der Waals surface area contributed by atoms with Gasteiger partial charge in [-0.1, -0.05) is 0 Å². The van der Waals surface area contributed by atoms with Crippen molar-refractivity contribution in [1.82, 2.24) is 4.90 Å². The molecule has 0 aromatic heterocycles. The molecular weight excluding hydrogens is 192 g/mol. The largest absolute Gasteiger partial charge is 0.444 e. The van der Waals surface area contributed by atoms with E-state index >= 15 is 0 Å². The van der Waals surface area contributed by atoms with Gasteiger partial charge in [-0.3, -0.25) is 0 Å². The lowest BCUT2D eigenvalue weighted by atomic mass is 10.1.